The Morgan fingerprint density at radius 3 is 2.17 bits per heavy atom. The van der Waals surface area contributed by atoms with Gasteiger partial charge < -0.3 is 10.4 Å². The van der Waals surface area contributed by atoms with Gasteiger partial charge in [0.1, 0.15) is 11.3 Å². The van der Waals surface area contributed by atoms with Crippen LogP contribution in [0.3, 0.4) is 0 Å². The number of hydrogen-bond donors (Lipinski definition) is 2. The molecule has 0 aliphatic rings. The first kappa shape index (κ1) is 16.9. The molecule has 0 fully saturated rings. The molecule has 1 atom stereocenters. The highest BCUT2D eigenvalue weighted by Crippen LogP contribution is 2.12. The summed E-state index contributed by atoms with van der Waals surface area (Å²) in [5.41, 5.74) is -1.41. The number of hydrogen-bond acceptors (Lipinski definition) is 4. The molecule has 0 aliphatic heterocycles. The molecule has 0 aliphatic carbocycles. The molecule has 1 unspecified atom stereocenters. The average molecular weight is 279 g/mol. The van der Waals surface area contributed by atoms with Crippen LogP contribution >= 0.6 is 0 Å². The van der Waals surface area contributed by atoms with Gasteiger partial charge in [0.15, 0.2) is 9.84 Å². The summed E-state index contributed by atoms with van der Waals surface area (Å²) in [6.45, 7) is 4.87. The molecule has 0 rings (SSSR count). The van der Waals surface area contributed by atoms with E-state index < -0.39 is 33.0 Å². The highest BCUT2D eigenvalue weighted by molar-refractivity contribution is 7.92. The van der Waals surface area contributed by atoms with Crippen molar-refractivity contribution in [2.75, 3.05) is 11.5 Å². The first-order valence-electron chi connectivity index (χ1n) is 5.91. The number of sulfone groups is 1. The minimum absolute atomic E-state index is 0.0714. The minimum Gasteiger partial charge on any atom is -0.480 e. The smallest absolute Gasteiger partial charge is 0.329 e. The third kappa shape index (κ3) is 5.48. The summed E-state index contributed by atoms with van der Waals surface area (Å²) in [5, 5.41) is 11.3. The highest BCUT2D eigenvalue weighted by Gasteiger charge is 2.34. The zero-order chi connectivity index (χ0) is 14.4. The second kappa shape index (κ2) is 6.72. The Bertz CT molecular complexity index is 404. The van der Waals surface area contributed by atoms with Gasteiger partial charge in [-0.3, -0.25) is 4.79 Å². The molecule has 0 bridgehead atoms. The van der Waals surface area contributed by atoms with Crippen LogP contribution in [0, 0.1) is 0 Å². The quantitative estimate of drug-likeness (QED) is 0.676. The Kier molecular flexibility index (Phi) is 6.31. The SMILES string of the molecule is CCCC(C)(NC(=O)CS(=O)(=O)CCC)C(=O)O. The van der Waals surface area contributed by atoms with Crippen LogP contribution in [0.2, 0.25) is 0 Å². The molecular formula is C11H21NO5S. The molecule has 18 heavy (non-hydrogen) atoms. The molecule has 0 aromatic carbocycles. The van der Waals surface area contributed by atoms with E-state index >= 15 is 0 Å². The summed E-state index contributed by atoms with van der Waals surface area (Å²) in [4.78, 5) is 22.6. The molecule has 0 saturated carbocycles. The van der Waals surface area contributed by atoms with Gasteiger partial charge in [0, 0.05) is 0 Å². The zero-order valence-corrected chi connectivity index (χ0v) is 11.8. The first-order chi connectivity index (χ1) is 8.17. The summed E-state index contributed by atoms with van der Waals surface area (Å²) >= 11 is 0. The lowest BCUT2D eigenvalue weighted by atomic mass is 9.96. The number of carbonyl (C=O) groups excluding carboxylic acids is 1. The number of carboxylic acids is 1. The molecule has 6 nitrogen and oxygen atoms in total. The topological polar surface area (TPSA) is 101 Å². The van der Waals surface area contributed by atoms with Gasteiger partial charge in [0.05, 0.1) is 5.75 Å². The van der Waals surface area contributed by atoms with Gasteiger partial charge in [-0.15, -0.1) is 0 Å². The molecule has 7 heteroatoms. The molecule has 0 heterocycles. The van der Waals surface area contributed by atoms with E-state index in [1.54, 1.807) is 13.8 Å². The van der Waals surface area contributed by atoms with Gasteiger partial charge in [-0.05, 0) is 19.8 Å². The third-order valence-electron chi connectivity index (χ3n) is 2.50. The normalized spacial score (nSPS) is 14.8. The molecular weight excluding hydrogens is 258 g/mol. The number of amides is 1. The number of aliphatic carboxylic acids is 1. The van der Waals surface area contributed by atoms with Gasteiger partial charge in [-0.2, -0.15) is 0 Å². The maximum Gasteiger partial charge on any atom is 0.329 e. The van der Waals surface area contributed by atoms with Gasteiger partial charge in [-0.1, -0.05) is 20.3 Å². The van der Waals surface area contributed by atoms with Gasteiger partial charge in [0.25, 0.3) is 0 Å². The molecule has 0 saturated heterocycles. The fourth-order valence-corrected chi connectivity index (χ4v) is 2.89. The summed E-state index contributed by atoms with van der Waals surface area (Å²) in [7, 11) is -3.45. The van der Waals surface area contributed by atoms with Crippen molar-refractivity contribution in [1.29, 1.82) is 0 Å². The lowest BCUT2D eigenvalue weighted by molar-refractivity contribution is -0.146. The average Bonchev–Trinajstić information content (AvgIpc) is 2.15. The summed E-state index contributed by atoms with van der Waals surface area (Å²) < 4.78 is 22.9. The van der Waals surface area contributed by atoms with Crippen LogP contribution in [0.4, 0.5) is 0 Å². The van der Waals surface area contributed by atoms with Gasteiger partial charge in [-0.25, -0.2) is 13.2 Å². The first-order valence-corrected chi connectivity index (χ1v) is 7.74. The van der Waals surface area contributed by atoms with E-state index in [0.29, 0.717) is 12.8 Å². The molecule has 106 valence electrons. The van der Waals surface area contributed by atoms with Crippen LogP contribution in [0.15, 0.2) is 0 Å². The zero-order valence-electron chi connectivity index (χ0n) is 11.0. The molecule has 0 radical (unpaired) electrons. The minimum atomic E-state index is -3.45. The maximum atomic E-state index is 11.6. The van der Waals surface area contributed by atoms with Crippen LogP contribution < -0.4 is 5.32 Å². The lowest BCUT2D eigenvalue weighted by Gasteiger charge is -2.25. The standard InChI is InChI=1S/C11H21NO5S/c1-4-6-11(3,10(14)15)12-9(13)8-18(16,17)7-5-2/h4-8H2,1-3H3,(H,12,13)(H,14,15). The van der Waals surface area contributed by atoms with Crippen molar-refractivity contribution >= 4 is 21.7 Å². The third-order valence-corrected chi connectivity index (χ3v) is 4.24. The van der Waals surface area contributed by atoms with Crippen molar-refractivity contribution in [2.24, 2.45) is 0 Å². The Labute approximate surface area is 108 Å². The van der Waals surface area contributed by atoms with E-state index in [-0.39, 0.29) is 12.2 Å². The van der Waals surface area contributed by atoms with Gasteiger partial charge in [0.2, 0.25) is 5.91 Å². The Morgan fingerprint density at radius 2 is 1.78 bits per heavy atom. The second-order valence-corrected chi connectivity index (χ2v) is 6.71. The molecule has 1 amide bonds. The van der Waals surface area contributed by atoms with Crippen LogP contribution in [0.25, 0.3) is 0 Å². The summed E-state index contributed by atoms with van der Waals surface area (Å²) in [6.07, 6.45) is 1.26. The monoisotopic (exact) mass is 279 g/mol. The Morgan fingerprint density at radius 1 is 1.22 bits per heavy atom. The Hall–Kier alpha value is -1.11. The largest absolute Gasteiger partial charge is 0.480 e. The van der Waals surface area contributed by atoms with Crippen LogP contribution in [0.5, 0.6) is 0 Å². The van der Waals surface area contributed by atoms with Crippen molar-refractivity contribution in [3.8, 4) is 0 Å². The fraction of sp³-hybridized carbons (Fsp3) is 0.818. The molecule has 0 spiro atoms. The maximum absolute atomic E-state index is 11.6. The van der Waals surface area contributed by atoms with E-state index in [1.807, 2.05) is 0 Å². The number of carbonyl (C=O) groups is 2. The van der Waals surface area contributed by atoms with Gasteiger partial charge >= 0.3 is 5.97 Å². The number of rotatable bonds is 8. The molecule has 2 N–H and O–H groups in total. The van der Waals surface area contributed by atoms with E-state index in [2.05, 4.69) is 5.32 Å². The molecule has 0 aromatic heterocycles. The van der Waals surface area contributed by atoms with E-state index in [9.17, 15) is 18.0 Å². The predicted molar refractivity (Wildman–Crippen MR) is 68.0 cm³/mol. The highest BCUT2D eigenvalue weighted by atomic mass is 32.2. The number of nitrogens with one attached hydrogen (secondary N) is 1. The summed E-state index contributed by atoms with van der Waals surface area (Å²) in [6, 6.07) is 0. The fourth-order valence-electron chi connectivity index (χ4n) is 1.65. The predicted octanol–water partition coefficient (Wildman–Crippen LogP) is 0.571. The van der Waals surface area contributed by atoms with Crippen molar-refractivity contribution in [3.05, 3.63) is 0 Å². The van der Waals surface area contributed by atoms with Crippen LogP contribution in [-0.4, -0.2) is 42.4 Å². The van der Waals surface area contributed by atoms with E-state index in [4.69, 9.17) is 5.11 Å². The van der Waals surface area contributed by atoms with E-state index in [1.165, 1.54) is 6.92 Å². The Balaban J connectivity index is 4.68. The van der Waals surface area contributed by atoms with Crippen molar-refractivity contribution in [1.82, 2.24) is 5.32 Å². The molecule has 0 aromatic rings. The van der Waals surface area contributed by atoms with E-state index in [0.717, 1.165) is 0 Å². The number of carboxylic acid groups (broad SMARTS) is 1. The van der Waals surface area contributed by atoms with Crippen LogP contribution in [-0.2, 0) is 19.4 Å². The van der Waals surface area contributed by atoms with Crippen molar-refractivity contribution in [2.45, 2.75) is 45.6 Å². The summed E-state index contributed by atoms with van der Waals surface area (Å²) in [5.74, 6) is -2.65. The van der Waals surface area contributed by atoms with Crippen molar-refractivity contribution in [3.63, 3.8) is 0 Å². The lowest BCUT2D eigenvalue weighted by Crippen LogP contribution is -2.53. The second-order valence-electron chi connectivity index (χ2n) is 4.53. The van der Waals surface area contributed by atoms with Crippen LogP contribution in [0.1, 0.15) is 40.0 Å². The van der Waals surface area contributed by atoms with Crippen molar-refractivity contribution < 1.29 is 23.1 Å².